The Morgan fingerprint density at radius 3 is 2.53 bits per heavy atom. The van der Waals surface area contributed by atoms with E-state index < -0.39 is 23.8 Å². The van der Waals surface area contributed by atoms with Crippen LogP contribution in [0.1, 0.15) is 19.8 Å². The first-order valence-electron chi connectivity index (χ1n) is 5.11. The van der Waals surface area contributed by atoms with Gasteiger partial charge in [-0.25, -0.2) is 4.79 Å². The third-order valence-corrected chi connectivity index (χ3v) is 1.74. The van der Waals surface area contributed by atoms with Gasteiger partial charge in [-0.1, -0.05) is 0 Å². The van der Waals surface area contributed by atoms with Gasteiger partial charge in [0, 0.05) is 12.5 Å². The van der Waals surface area contributed by atoms with Gasteiger partial charge in [0.2, 0.25) is 0 Å². The molecule has 0 radical (unpaired) electrons. The van der Waals surface area contributed by atoms with Crippen LogP contribution in [0.3, 0.4) is 0 Å². The van der Waals surface area contributed by atoms with E-state index >= 15 is 0 Å². The molecule has 0 aromatic carbocycles. The maximum absolute atomic E-state index is 11.2. The average molecular weight is 244 g/mol. The number of hydrogen-bond acceptors (Lipinski definition) is 6. The van der Waals surface area contributed by atoms with Gasteiger partial charge in [0.25, 0.3) is 0 Å². The molecule has 6 heteroatoms. The summed E-state index contributed by atoms with van der Waals surface area (Å²) in [5, 5.41) is 9.34. The average Bonchev–Trinajstić information content (AvgIpc) is 2.25. The van der Waals surface area contributed by atoms with Gasteiger partial charge in [-0.05, 0) is 13.0 Å². The number of ether oxygens (including phenoxy) is 2. The second-order valence-corrected chi connectivity index (χ2v) is 3.17. The van der Waals surface area contributed by atoms with E-state index in [2.05, 4.69) is 9.47 Å². The van der Waals surface area contributed by atoms with Gasteiger partial charge in [0.05, 0.1) is 19.8 Å². The first kappa shape index (κ1) is 15.3. The summed E-state index contributed by atoms with van der Waals surface area (Å²) in [6, 6.07) is 0. The first-order chi connectivity index (χ1) is 7.99. The van der Waals surface area contributed by atoms with Crippen molar-refractivity contribution in [3.8, 4) is 0 Å². The number of methoxy groups -OCH3 is 1. The number of carbonyl (C=O) groups is 3. The van der Waals surface area contributed by atoms with E-state index in [0.29, 0.717) is 0 Å². The Morgan fingerprint density at radius 2 is 2.00 bits per heavy atom. The molecular formula is C11H16O6. The number of rotatable bonds is 7. The Bertz CT molecular complexity index is 307. The van der Waals surface area contributed by atoms with Gasteiger partial charge in [0.15, 0.2) is 0 Å². The second kappa shape index (κ2) is 8.46. The van der Waals surface area contributed by atoms with Crippen molar-refractivity contribution < 1.29 is 29.0 Å². The van der Waals surface area contributed by atoms with Gasteiger partial charge in [0.1, 0.15) is 12.2 Å². The van der Waals surface area contributed by atoms with Gasteiger partial charge < -0.3 is 14.6 Å². The SMILES string of the molecule is CCOC(=O)CC(=O)C[C@@H](O)/C=C/C(=O)OC. The Hall–Kier alpha value is -1.69. The van der Waals surface area contributed by atoms with Crippen LogP contribution in [0.2, 0.25) is 0 Å². The van der Waals surface area contributed by atoms with Gasteiger partial charge in [-0.2, -0.15) is 0 Å². The molecule has 1 atom stereocenters. The molecule has 0 aliphatic rings. The molecule has 6 nitrogen and oxygen atoms in total. The molecule has 0 heterocycles. The highest BCUT2D eigenvalue weighted by atomic mass is 16.5. The van der Waals surface area contributed by atoms with Crippen molar-refractivity contribution in [3.05, 3.63) is 12.2 Å². The largest absolute Gasteiger partial charge is 0.466 e. The molecule has 0 saturated carbocycles. The number of hydrogen-bond donors (Lipinski definition) is 1. The molecule has 0 amide bonds. The van der Waals surface area contributed by atoms with Crippen molar-refractivity contribution in [2.45, 2.75) is 25.9 Å². The molecule has 0 unspecified atom stereocenters. The fraction of sp³-hybridized carbons (Fsp3) is 0.545. The predicted octanol–water partition coefficient (Wildman–Crippen LogP) is -0.0111. The highest BCUT2D eigenvalue weighted by molar-refractivity contribution is 5.95. The summed E-state index contributed by atoms with van der Waals surface area (Å²) in [6.07, 6.45) is 0.413. The second-order valence-electron chi connectivity index (χ2n) is 3.17. The van der Waals surface area contributed by atoms with E-state index in [-0.39, 0.29) is 19.4 Å². The van der Waals surface area contributed by atoms with Crippen molar-refractivity contribution in [1.82, 2.24) is 0 Å². The maximum atomic E-state index is 11.2. The van der Waals surface area contributed by atoms with Gasteiger partial charge in [-0.3, -0.25) is 9.59 Å². The Labute approximate surface area is 99.2 Å². The molecule has 0 aromatic heterocycles. The lowest BCUT2D eigenvalue weighted by Crippen LogP contribution is -2.16. The number of Topliss-reactive ketones (excluding diaryl/α,β-unsaturated/α-hetero) is 1. The summed E-state index contributed by atoms with van der Waals surface area (Å²) in [4.78, 5) is 32.9. The van der Waals surface area contributed by atoms with Crippen LogP contribution in [-0.2, 0) is 23.9 Å². The monoisotopic (exact) mass is 244 g/mol. The molecule has 0 saturated heterocycles. The molecule has 0 aliphatic carbocycles. The zero-order valence-corrected chi connectivity index (χ0v) is 9.84. The minimum atomic E-state index is -1.11. The van der Waals surface area contributed by atoms with E-state index in [9.17, 15) is 19.5 Å². The molecule has 0 aromatic rings. The molecule has 96 valence electrons. The number of carbonyl (C=O) groups excluding carboxylic acids is 3. The Kier molecular flexibility index (Phi) is 7.62. The highest BCUT2D eigenvalue weighted by Gasteiger charge is 2.13. The van der Waals surface area contributed by atoms with E-state index in [1.54, 1.807) is 6.92 Å². The third kappa shape index (κ3) is 8.15. The van der Waals surface area contributed by atoms with Crippen LogP contribution in [0, 0.1) is 0 Å². The third-order valence-electron chi connectivity index (χ3n) is 1.74. The first-order valence-corrected chi connectivity index (χ1v) is 5.11. The molecule has 1 N–H and O–H groups in total. The van der Waals surface area contributed by atoms with Gasteiger partial charge in [-0.15, -0.1) is 0 Å². The summed E-state index contributed by atoms with van der Waals surface area (Å²) in [6.45, 7) is 1.84. The van der Waals surface area contributed by atoms with Crippen molar-refractivity contribution in [1.29, 1.82) is 0 Å². The van der Waals surface area contributed by atoms with Crippen molar-refractivity contribution >= 4 is 17.7 Å². The Morgan fingerprint density at radius 1 is 1.35 bits per heavy atom. The summed E-state index contributed by atoms with van der Waals surface area (Å²) in [5.41, 5.74) is 0. The smallest absolute Gasteiger partial charge is 0.330 e. The van der Waals surface area contributed by atoms with Crippen molar-refractivity contribution in [2.75, 3.05) is 13.7 Å². The van der Waals surface area contributed by atoms with Crippen LogP contribution < -0.4 is 0 Å². The lowest BCUT2D eigenvalue weighted by molar-refractivity contribution is -0.145. The predicted molar refractivity (Wildman–Crippen MR) is 58.0 cm³/mol. The van der Waals surface area contributed by atoms with Gasteiger partial charge >= 0.3 is 11.9 Å². The van der Waals surface area contributed by atoms with Crippen LogP contribution in [0.4, 0.5) is 0 Å². The summed E-state index contributed by atoms with van der Waals surface area (Å²) in [7, 11) is 1.20. The summed E-state index contributed by atoms with van der Waals surface area (Å²) in [5.74, 6) is -1.70. The summed E-state index contributed by atoms with van der Waals surface area (Å²) < 4.78 is 8.88. The topological polar surface area (TPSA) is 89.9 Å². The minimum Gasteiger partial charge on any atom is -0.466 e. The van der Waals surface area contributed by atoms with Crippen LogP contribution in [-0.4, -0.2) is 42.6 Å². The number of aliphatic hydroxyl groups excluding tert-OH is 1. The van der Waals surface area contributed by atoms with E-state index in [1.165, 1.54) is 7.11 Å². The molecule has 17 heavy (non-hydrogen) atoms. The van der Waals surface area contributed by atoms with Crippen molar-refractivity contribution in [3.63, 3.8) is 0 Å². The number of ketones is 1. The fourth-order valence-corrected chi connectivity index (χ4v) is 1.00. The van der Waals surface area contributed by atoms with Crippen molar-refractivity contribution in [2.24, 2.45) is 0 Å². The molecule has 0 bridgehead atoms. The lowest BCUT2D eigenvalue weighted by Gasteiger charge is -2.04. The fourth-order valence-electron chi connectivity index (χ4n) is 1.00. The van der Waals surface area contributed by atoms with Crippen LogP contribution in [0.5, 0.6) is 0 Å². The van der Waals surface area contributed by atoms with E-state index in [0.717, 1.165) is 12.2 Å². The molecular weight excluding hydrogens is 228 g/mol. The number of esters is 2. The zero-order valence-electron chi connectivity index (χ0n) is 9.84. The summed E-state index contributed by atoms with van der Waals surface area (Å²) >= 11 is 0. The number of aliphatic hydroxyl groups is 1. The minimum absolute atomic E-state index is 0.205. The normalized spacial score (nSPS) is 12.2. The highest BCUT2D eigenvalue weighted by Crippen LogP contribution is 2.00. The maximum Gasteiger partial charge on any atom is 0.330 e. The molecule has 0 aliphatic heterocycles. The Balaban J connectivity index is 3.99. The van der Waals surface area contributed by atoms with Crippen LogP contribution in [0.25, 0.3) is 0 Å². The van der Waals surface area contributed by atoms with E-state index in [1.807, 2.05) is 0 Å². The zero-order chi connectivity index (χ0) is 13.3. The lowest BCUT2D eigenvalue weighted by atomic mass is 10.1. The van der Waals surface area contributed by atoms with Crippen LogP contribution in [0.15, 0.2) is 12.2 Å². The molecule has 0 fully saturated rings. The van der Waals surface area contributed by atoms with E-state index in [4.69, 9.17) is 0 Å². The van der Waals surface area contributed by atoms with Crippen LogP contribution >= 0.6 is 0 Å². The molecule has 0 rings (SSSR count). The quantitative estimate of drug-likeness (QED) is 0.385. The standard InChI is InChI=1S/C11H16O6/c1-3-17-11(15)7-9(13)6-8(12)4-5-10(14)16-2/h4-5,8,12H,3,6-7H2,1-2H3/b5-4+/t8-/m0/s1. The molecule has 0 spiro atoms.